The number of nitrogens with one attached hydrogen (secondary N) is 1. The molecule has 2 heterocycles. The van der Waals surface area contributed by atoms with E-state index in [4.69, 9.17) is 0 Å². The normalized spacial score (nSPS) is 16.4. The molecule has 1 saturated heterocycles. The van der Waals surface area contributed by atoms with E-state index in [9.17, 15) is 18.8 Å². The van der Waals surface area contributed by atoms with Crippen LogP contribution in [-0.4, -0.2) is 33.9 Å². The quantitative estimate of drug-likeness (QED) is 0.680. The molecule has 0 spiro atoms. The zero-order chi connectivity index (χ0) is 19.0. The second-order valence-electron chi connectivity index (χ2n) is 5.98. The van der Waals surface area contributed by atoms with E-state index in [2.05, 4.69) is 5.32 Å². The molecular formula is C19H18FN3O3. The maximum Gasteiger partial charge on any atom is 0.331 e. The van der Waals surface area contributed by atoms with Gasteiger partial charge in [0.15, 0.2) is 0 Å². The van der Waals surface area contributed by atoms with E-state index in [1.807, 2.05) is 6.92 Å². The molecule has 1 aliphatic heterocycles. The van der Waals surface area contributed by atoms with Gasteiger partial charge in [-0.15, -0.1) is 0 Å². The summed E-state index contributed by atoms with van der Waals surface area (Å²) < 4.78 is 15.9. The van der Waals surface area contributed by atoms with Crippen molar-refractivity contribution in [3.63, 3.8) is 0 Å². The van der Waals surface area contributed by atoms with E-state index in [0.29, 0.717) is 16.9 Å². The molecule has 1 aliphatic rings. The van der Waals surface area contributed by atoms with Gasteiger partial charge in [-0.25, -0.2) is 9.18 Å². The average molecular weight is 355 g/mol. The van der Waals surface area contributed by atoms with E-state index >= 15 is 0 Å². The van der Waals surface area contributed by atoms with Crippen LogP contribution in [0, 0.1) is 19.7 Å². The number of aromatic nitrogens is 1. The van der Waals surface area contributed by atoms with Gasteiger partial charge in [-0.1, -0.05) is 12.1 Å². The Balaban J connectivity index is 2.09. The lowest BCUT2D eigenvalue weighted by molar-refractivity contribution is -0.129. The third-order valence-electron chi connectivity index (χ3n) is 4.37. The topological polar surface area (TPSA) is 71.4 Å². The number of hydrogen-bond acceptors (Lipinski definition) is 3. The Morgan fingerprint density at radius 1 is 1.15 bits per heavy atom. The van der Waals surface area contributed by atoms with Crippen LogP contribution in [0.5, 0.6) is 0 Å². The second kappa shape index (κ2) is 6.59. The molecule has 1 aromatic carbocycles. The number of benzene rings is 1. The Labute approximate surface area is 149 Å². The van der Waals surface area contributed by atoms with Gasteiger partial charge in [-0.3, -0.25) is 19.8 Å². The molecule has 2 aromatic rings. The highest BCUT2D eigenvalue weighted by Crippen LogP contribution is 2.25. The number of halogens is 1. The number of aryl methyl sites for hydroxylation is 1. The Hall–Kier alpha value is -3.22. The number of nitrogens with zero attached hydrogens (tertiary/aromatic N) is 2. The van der Waals surface area contributed by atoms with Crippen LogP contribution in [-0.2, 0) is 9.59 Å². The summed E-state index contributed by atoms with van der Waals surface area (Å²) in [5.74, 6) is -1.75. The summed E-state index contributed by atoms with van der Waals surface area (Å²) in [6.07, 6.45) is 1.44. The zero-order valence-electron chi connectivity index (χ0n) is 14.7. The summed E-state index contributed by atoms with van der Waals surface area (Å²) in [7, 11) is 0. The van der Waals surface area contributed by atoms with E-state index in [0.717, 1.165) is 10.6 Å². The Morgan fingerprint density at radius 2 is 1.85 bits per heavy atom. The van der Waals surface area contributed by atoms with Crippen LogP contribution in [0.4, 0.5) is 9.18 Å². The largest absolute Gasteiger partial charge is 0.331 e. The number of hydrogen-bond donors (Lipinski definition) is 1. The third kappa shape index (κ3) is 2.81. The lowest BCUT2D eigenvalue weighted by Gasteiger charge is -2.24. The molecule has 0 saturated carbocycles. The number of amides is 4. The first-order valence-electron chi connectivity index (χ1n) is 8.17. The van der Waals surface area contributed by atoms with E-state index in [1.54, 1.807) is 42.7 Å². The fourth-order valence-corrected chi connectivity index (χ4v) is 3.07. The molecular weight excluding hydrogens is 337 g/mol. The summed E-state index contributed by atoms with van der Waals surface area (Å²) >= 11 is 0. The maximum atomic E-state index is 14.2. The SMILES string of the molecule is CCN1C(=O)NC(=O)/C(=C/c2cc(C)n(-c3ccccc3F)c2C)C1=O. The number of urea groups is 1. The summed E-state index contributed by atoms with van der Waals surface area (Å²) in [5.41, 5.74) is 2.30. The van der Waals surface area contributed by atoms with Crippen LogP contribution in [0.3, 0.4) is 0 Å². The fraction of sp³-hybridized carbons (Fsp3) is 0.211. The number of likely N-dealkylation sites (N-methyl/N-ethyl adjacent to an activating group) is 1. The second-order valence-corrected chi connectivity index (χ2v) is 5.98. The molecule has 1 N–H and O–H groups in total. The molecule has 134 valence electrons. The number of carbonyl (C=O) groups is 3. The molecule has 26 heavy (non-hydrogen) atoms. The van der Waals surface area contributed by atoms with Gasteiger partial charge in [-0.05, 0) is 50.6 Å². The molecule has 0 unspecified atom stereocenters. The first-order chi connectivity index (χ1) is 12.3. The number of barbiturate groups is 1. The van der Waals surface area contributed by atoms with Crippen LogP contribution >= 0.6 is 0 Å². The summed E-state index contributed by atoms with van der Waals surface area (Å²) in [5, 5.41) is 2.15. The van der Waals surface area contributed by atoms with Gasteiger partial charge >= 0.3 is 6.03 Å². The van der Waals surface area contributed by atoms with Crippen molar-refractivity contribution in [3.05, 3.63) is 58.7 Å². The van der Waals surface area contributed by atoms with E-state index in [-0.39, 0.29) is 17.9 Å². The van der Waals surface area contributed by atoms with Crippen molar-refractivity contribution in [1.82, 2.24) is 14.8 Å². The smallest absolute Gasteiger partial charge is 0.315 e. The predicted molar refractivity (Wildman–Crippen MR) is 94.1 cm³/mol. The molecule has 4 amide bonds. The minimum absolute atomic E-state index is 0.125. The van der Waals surface area contributed by atoms with Gasteiger partial charge in [0.05, 0.1) is 5.69 Å². The van der Waals surface area contributed by atoms with Crippen LogP contribution in [0.15, 0.2) is 35.9 Å². The summed E-state index contributed by atoms with van der Waals surface area (Å²) in [6.45, 7) is 5.39. The van der Waals surface area contributed by atoms with Gasteiger partial charge < -0.3 is 4.57 Å². The van der Waals surface area contributed by atoms with Gasteiger partial charge in [0, 0.05) is 17.9 Å². The van der Waals surface area contributed by atoms with Gasteiger partial charge in [0.2, 0.25) is 0 Å². The molecule has 0 atom stereocenters. The molecule has 0 bridgehead atoms. The van der Waals surface area contributed by atoms with Crippen molar-refractivity contribution in [2.75, 3.05) is 6.54 Å². The van der Waals surface area contributed by atoms with E-state index in [1.165, 1.54) is 12.1 Å². The lowest BCUT2D eigenvalue weighted by Crippen LogP contribution is -2.53. The highest BCUT2D eigenvalue weighted by atomic mass is 19.1. The van der Waals surface area contributed by atoms with Crippen molar-refractivity contribution in [2.45, 2.75) is 20.8 Å². The van der Waals surface area contributed by atoms with Crippen LogP contribution < -0.4 is 5.32 Å². The first-order valence-corrected chi connectivity index (χ1v) is 8.17. The van der Waals surface area contributed by atoms with E-state index < -0.39 is 17.8 Å². The molecule has 3 rings (SSSR count). The first kappa shape index (κ1) is 17.6. The van der Waals surface area contributed by atoms with Gasteiger partial charge in [0.25, 0.3) is 11.8 Å². The highest BCUT2D eigenvalue weighted by molar-refractivity contribution is 6.31. The van der Waals surface area contributed by atoms with Gasteiger partial charge in [-0.2, -0.15) is 0 Å². The number of carbonyl (C=O) groups excluding carboxylic acids is 3. The molecule has 7 heteroatoms. The number of para-hydroxylation sites is 1. The standard InChI is InChI=1S/C19H18FN3O3/c1-4-22-18(25)14(17(24)21-19(22)26)10-13-9-11(2)23(12(13)3)16-8-6-5-7-15(16)20/h5-10H,4H2,1-3H3,(H,21,24,26)/b14-10-. The molecule has 0 aliphatic carbocycles. The summed E-state index contributed by atoms with van der Waals surface area (Å²) in [6, 6.07) is 7.41. The van der Waals surface area contributed by atoms with Gasteiger partial charge in [0.1, 0.15) is 11.4 Å². The monoisotopic (exact) mass is 355 g/mol. The molecule has 0 radical (unpaired) electrons. The highest BCUT2D eigenvalue weighted by Gasteiger charge is 2.34. The van der Waals surface area contributed by atoms with Crippen LogP contribution in [0.2, 0.25) is 0 Å². The minimum atomic E-state index is -0.736. The lowest BCUT2D eigenvalue weighted by atomic mass is 10.1. The van der Waals surface area contributed by atoms with Crippen molar-refractivity contribution >= 4 is 23.9 Å². The molecule has 6 nitrogen and oxygen atoms in total. The predicted octanol–water partition coefficient (Wildman–Crippen LogP) is 2.71. The Kier molecular flexibility index (Phi) is 4.46. The van der Waals surface area contributed by atoms with Crippen molar-refractivity contribution < 1.29 is 18.8 Å². The molecule has 1 fully saturated rings. The fourth-order valence-electron chi connectivity index (χ4n) is 3.07. The minimum Gasteiger partial charge on any atom is -0.315 e. The third-order valence-corrected chi connectivity index (χ3v) is 4.37. The summed E-state index contributed by atoms with van der Waals surface area (Å²) in [4.78, 5) is 37.2. The Morgan fingerprint density at radius 3 is 2.50 bits per heavy atom. The van der Waals surface area contributed by atoms with Crippen molar-refractivity contribution in [2.24, 2.45) is 0 Å². The van der Waals surface area contributed by atoms with Crippen molar-refractivity contribution in [1.29, 1.82) is 0 Å². The Bertz CT molecular complexity index is 959. The average Bonchev–Trinajstić information content (AvgIpc) is 2.86. The molecule has 1 aromatic heterocycles. The zero-order valence-corrected chi connectivity index (χ0v) is 14.7. The maximum absolute atomic E-state index is 14.2. The van der Waals surface area contributed by atoms with Crippen LogP contribution in [0.25, 0.3) is 11.8 Å². The van der Waals surface area contributed by atoms with Crippen LogP contribution in [0.1, 0.15) is 23.9 Å². The van der Waals surface area contributed by atoms with Crippen molar-refractivity contribution in [3.8, 4) is 5.69 Å². The number of imide groups is 2. The number of rotatable bonds is 3.